The molecule has 2 aromatic rings. The SMILES string of the molecule is C.CC.CC.CC.O=Cc1ccc(-c2ccccc2)nc1. The van der Waals surface area contributed by atoms with Crippen molar-refractivity contribution < 1.29 is 4.79 Å². The molecule has 0 amide bonds. The predicted molar refractivity (Wildman–Crippen MR) is 95.8 cm³/mol. The van der Waals surface area contributed by atoms with Crippen molar-refractivity contribution in [3.63, 3.8) is 0 Å². The highest BCUT2D eigenvalue weighted by Crippen LogP contribution is 2.15. The summed E-state index contributed by atoms with van der Waals surface area (Å²) < 4.78 is 0. The van der Waals surface area contributed by atoms with Gasteiger partial charge in [0.1, 0.15) is 0 Å². The van der Waals surface area contributed by atoms with E-state index >= 15 is 0 Å². The van der Waals surface area contributed by atoms with Gasteiger partial charge < -0.3 is 0 Å². The summed E-state index contributed by atoms with van der Waals surface area (Å²) >= 11 is 0. The van der Waals surface area contributed by atoms with Crippen LogP contribution < -0.4 is 0 Å². The number of hydrogen-bond acceptors (Lipinski definition) is 2. The largest absolute Gasteiger partial charge is 0.298 e. The van der Waals surface area contributed by atoms with Crippen LogP contribution >= 0.6 is 0 Å². The lowest BCUT2D eigenvalue weighted by atomic mass is 10.1. The summed E-state index contributed by atoms with van der Waals surface area (Å²) in [4.78, 5) is 14.6. The normalized spacial score (nSPS) is 7.33. The zero-order chi connectivity index (χ0) is 15.8. The summed E-state index contributed by atoms with van der Waals surface area (Å²) in [6, 6.07) is 13.5. The van der Waals surface area contributed by atoms with E-state index in [2.05, 4.69) is 4.98 Å². The molecular weight excluding hydrogens is 258 g/mol. The van der Waals surface area contributed by atoms with Gasteiger partial charge in [-0.05, 0) is 12.1 Å². The van der Waals surface area contributed by atoms with Gasteiger partial charge in [-0.25, -0.2) is 0 Å². The van der Waals surface area contributed by atoms with Crippen LogP contribution in [0.5, 0.6) is 0 Å². The highest BCUT2D eigenvalue weighted by Gasteiger charge is 1.97. The minimum atomic E-state index is 0. The van der Waals surface area contributed by atoms with Crippen molar-refractivity contribution in [2.24, 2.45) is 0 Å². The Morgan fingerprint density at radius 3 is 1.71 bits per heavy atom. The van der Waals surface area contributed by atoms with E-state index in [1.54, 1.807) is 12.3 Å². The highest BCUT2D eigenvalue weighted by molar-refractivity contribution is 5.75. The van der Waals surface area contributed by atoms with E-state index in [-0.39, 0.29) is 7.43 Å². The molecule has 0 unspecified atom stereocenters. The molecule has 0 saturated heterocycles. The standard InChI is InChI=1S/C12H9NO.3C2H6.CH4/c14-9-10-6-7-12(13-8-10)11-4-2-1-3-5-11;3*1-2;/h1-9H;3*1-2H3;1H4. The van der Waals surface area contributed by atoms with Gasteiger partial charge in [0.25, 0.3) is 0 Å². The second-order valence-electron chi connectivity index (χ2n) is 2.96. The van der Waals surface area contributed by atoms with Crippen LogP contribution in [0.3, 0.4) is 0 Å². The third-order valence-electron chi connectivity index (χ3n) is 1.99. The first-order chi connectivity index (χ1) is 9.90. The maximum Gasteiger partial charge on any atom is 0.151 e. The predicted octanol–water partition coefficient (Wildman–Crippen LogP) is 6.28. The highest BCUT2D eigenvalue weighted by atomic mass is 16.1. The minimum absolute atomic E-state index is 0. The average Bonchev–Trinajstić information content (AvgIpc) is 2.61. The Hall–Kier alpha value is -1.96. The molecule has 0 aliphatic heterocycles. The Morgan fingerprint density at radius 2 is 1.33 bits per heavy atom. The van der Waals surface area contributed by atoms with Gasteiger partial charge in [0.05, 0.1) is 5.69 Å². The van der Waals surface area contributed by atoms with Gasteiger partial charge in [0.2, 0.25) is 0 Å². The fourth-order valence-corrected chi connectivity index (χ4v) is 1.25. The zero-order valence-corrected chi connectivity index (χ0v) is 13.6. The zero-order valence-electron chi connectivity index (χ0n) is 13.6. The Labute approximate surface area is 131 Å². The van der Waals surface area contributed by atoms with Crippen molar-refractivity contribution in [1.82, 2.24) is 4.98 Å². The molecule has 0 aliphatic carbocycles. The quantitative estimate of drug-likeness (QED) is 0.609. The Balaban J connectivity index is -0.000000414. The molecule has 0 bridgehead atoms. The summed E-state index contributed by atoms with van der Waals surface area (Å²) in [7, 11) is 0. The second kappa shape index (κ2) is 18.0. The van der Waals surface area contributed by atoms with Crippen LogP contribution in [-0.4, -0.2) is 11.3 Å². The molecule has 0 spiro atoms. The number of benzene rings is 1. The molecule has 0 saturated carbocycles. The van der Waals surface area contributed by atoms with Gasteiger partial charge in [0, 0.05) is 17.3 Å². The molecule has 2 heteroatoms. The lowest BCUT2D eigenvalue weighted by Crippen LogP contribution is -1.85. The lowest BCUT2D eigenvalue weighted by molar-refractivity contribution is 0.112. The summed E-state index contributed by atoms with van der Waals surface area (Å²) in [6.45, 7) is 12.0. The number of rotatable bonds is 2. The maximum absolute atomic E-state index is 10.4. The van der Waals surface area contributed by atoms with Crippen LogP contribution in [-0.2, 0) is 0 Å². The number of carbonyl (C=O) groups is 1. The molecule has 0 atom stereocenters. The first-order valence-corrected chi connectivity index (χ1v) is 7.37. The van der Waals surface area contributed by atoms with Crippen LogP contribution in [0.1, 0.15) is 59.3 Å². The molecule has 118 valence electrons. The van der Waals surface area contributed by atoms with Crippen molar-refractivity contribution in [1.29, 1.82) is 0 Å². The Kier molecular flexibility index (Phi) is 20.7. The number of aromatic nitrogens is 1. The minimum Gasteiger partial charge on any atom is -0.298 e. The third-order valence-corrected chi connectivity index (χ3v) is 1.99. The summed E-state index contributed by atoms with van der Waals surface area (Å²) in [5, 5.41) is 0. The Bertz CT molecular complexity index is 421. The molecular formula is C19H31NO. The van der Waals surface area contributed by atoms with Crippen LogP contribution in [0.4, 0.5) is 0 Å². The molecule has 2 nitrogen and oxygen atoms in total. The van der Waals surface area contributed by atoms with E-state index in [0.29, 0.717) is 5.56 Å². The summed E-state index contributed by atoms with van der Waals surface area (Å²) in [5.74, 6) is 0. The molecule has 1 aromatic carbocycles. The maximum atomic E-state index is 10.4. The monoisotopic (exact) mass is 289 g/mol. The molecule has 21 heavy (non-hydrogen) atoms. The van der Waals surface area contributed by atoms with Gasteiger partial charge in [-0.3, -0.25) is 9.78 Å². The second-order valence-corrected chi connectivity index (χ2v) is 2.96. The van der Waals surface area contributed by atoms with Crippen LogP contribution in [0, 0.1) is 0 Å². The topological polar surface area (TPSA) is 30.0 Å². The van der Waals surface area contributed by atoms with Gasteiger partial charge in [-0.1, -0.05) is 79.3 Å². The van der Waals surface area contributed by atoms with Gasteiger partial charge in [0.15, 0.2) is 6.29 Å². The van der Waals surface area contributed by atoms with Crippen LogP contribution in [0.15, 0.2) is 48.7 Å². The number of hydrogen-bond donors (Lipinski definition) is 0. The van der Waals surface area contributed by atoms with E-state index < -0.39 is 0 Å². The molecule has 1 aromatic heterocycles. The van der Waals surface area contributed by atoms with E-state index in [9.17, 15) is 4.79 Å². The molecule has 0 radical (unpaired) electrons. The fraction of sp³-hybridized carbons (Fsp3) is 0.368. The van der Waals surface area contributed by atoms with Gasteiger partial charge in [-0.2, -0.15) is 0 Å². The first-order valence-electron chi connectivity index (χ1n) is 7.37. The fourth-order valence-electron chi connectivity index (χ4n) is 1.25. The average molecular weight is 289 g/mol. The number of aldehydes is 1. The van der Waals surface area contributed by atoms with Crippen molar-refractivity contribution in [2.75, 3.05) is 0 Å². The van der Waals surface area contributed by atoms with Gasteiger partial charge >= 0.3 is 0 Å². The smallest absolute Gasteiger partial charge is 0.151 e. The number of pyridine rings is 1. The van der Waals surface area contributed by atoms with Crippen molar-refractivity contribution in [3.8, 4) is 11.3 Å². The summed E-state index contributed by atoms with van der Waals surface area (Å²) in [5.41, 5.74) is 2.55. The number of nitrogens with zero attached hydrogens (tertiary/aromatic N) is 1. The van der Waals surface area contributed by atoms with Gasteiger partial charge in [-0.15, -0.1) is 0 Å². The summed E-state index contributed by atoms with van der Waals surface area (Å²) in [6.07, 6.45) is 2.37. The van der Waals surface area contributed by atoms with E-state index in [1.807, 2.05) is 77.9 Å². The molecule has 0 fully saturated rings. The van der Waals surface area contributed by atoms with Crippen molar-refractivity contribution >= 4 is 6.29 Å². The molecule has 0 aliphatic rings. The van der Waals surface area contributed by atoms with E-state index in [0.717, 1.165) is 17.5 Å². The van der Waals surface area contributed by atoms with E-state index in [4.69, 9.17) is 0 Å². The molecule has 1 heterocycles. The first kappa shape index (κ1) is 24.1. The van der Waals surface area contributed by atoms with Crippen LogP contribution in [0.2, 0.25) is 0 Å². The Morgan fingerprint density at radius 1 is 0.810 bits per heavy atom. The van der Waals surface area contributed by atoms with E-state index in [1.165, 1.54) is 0 Å². The third kappa shape index (κ3) is 9.55. The van der Waals surface area contributed by atoms with Crippen LogP contribution in [0.25, 0.3) is 11.3 Å². The number of carbonyl (C=O) groups excluding carboxylic acids is 1. The lowest BCUT2D eigenvalue weighted by Gasteiger charge is -1.99. The van der Waals surface area contributed by atoms with Crippen molar-refractivity contribution in [2.45, 2.75) is 49.0 Å². The van der Waals surface area contributed by atoms with Crippen molar-refractivity contribution in [3.05, 3.63) is 54.2 Å². The molecule has 2 rings (SSSR count). The molecule has 0 N–H and O–H groups in total.